The molecule has 3 rings (SSSR count). The summed E-state index contributed by atoms with van der Waals surface area (Å²) in [5.74, 6) is 0.222. The molecule has 0 saturated heterocycles. The highest BCUT2D eigenvalue weighted by molar-refractivity contribution is 5.96. The fourth-order valence-electron chi connectivity index (χ4n) is 3.75. The monoisotopic (exact) mass is 416 g/mol. The van der Waals surface area contributed by atoms with Crippen molar-refractivity contribution in [3.8, 4) is 5.75 Å². The van der Waals surface area contributed by atoms with Gasteiger partial charge < -0.3 is 18.9 Å². The predicted molar refractivity (Wildman–Crippen MR) is 112 cm³/mol. The molecule has 164 valence electrons. The van der Waals surface area contributed by atoms with E-state index in [2.05, 4.69) is 20.8 Å². The lowest BCUT2D eigenvalue weighted by Gasteiger charge is -2.37. The first kappa shape index (κ1) is 22.3. The first-order valence-corrected chi connectivity index (χ1v) is 10.7. The molecule has 0 N–H and O–H groups in total. The van der Waals surface area contributed by atoms with Crippen LogP contribution in [0.15, 0.2) is 36.3 Å². The standard InChI is InChI=1S/C24H32O6/c1-5-12-27-22(25)15-28-18-10-11-19-20(13-18)29-14-21(23(19)26)30-17-8-6-16(7-9-17)24(2,3)4/h6-9,14,18-20H,5,10-13,15H2,1-4H3. The van der Waals surface area contributed by atoms with Crippen molar-refractivity contribution in [1.82, 2.24) is 0 Å². The normalized spacial score (nSPS) is 23.8. The van der Waals surface area contributed by atoms with E-state index in [1.807, 2.05) is 31.2 Å². The van der Waals surface area contributed by atoms with Gasteiger partial charge in [0.15, 0.2) is 0 Å². The molecule has 1 aromatic carbocycles. The van der Waals surface area contributed by atoms with E-state index in [1.165, 1.54) is 11.8 Å². The molecule has 0 aromatic heterocycles. The zero-order valence-corrected chi connectivity index (χ0v) is 18.3. The SMILES string of the molecule is CCCOC(=O)COC1CCC2C(=O)C(Oc3ccc(C(C)(C)C)cc3)=COC2C1. The number of esters is 1. The molecule has 1 saturated carbocycles. The minimum absolute atomic E-state index is 0.0352. The number of allylic oxidation sites excluding steroid dienone is 1. The molecule has 2 aliphatic rings. The molecule has 0 bridgehead atoms. The summed E-state index contributed by atoms with van der Waals surface area (Å²) in [7, 11) is 0. The zero-order valence-electron chi connectivity index (χ0n) is 18.3. The average Bonchev–Trinajstić information content (AvgIpc) is 2.72. The van der Waals surface area contributed by atoms with Gasteiger partial charge in [-0.2, -0.15) is 0 Å². The molecule has 6 nitrogen and oxygen atoms in total. The van der Waals surface area contributed by atoms with Crippen LogP contribution in [0.3, 0.4) is 0 Å². The summed E-state index contributed by atoms with van der Waals surface area (Å²) in [4.78, 5) is 24.5. The van der Waals surface area contributed by atoms with E-state index in [1.54, 1.807) is 0 Å². The largest absolute Gasteiger partial charge is 0.493 e. The Morgan fingerprint density at radius 1 is 1.17 bits per heavy atom. The van der Waals surface area contributed by atoms with Crippen molar-refractivity contribution in [3.63, 3.8) is 0 Å². The van der Waals surface area contributed by atoms with Crippen molar-refractivity contribution in [3.05, 3.63) is 41.9 Å². The van der Waals surface area contributed by atoms with Crippen LogP contribution in [0.5, 0.6) is 5.75 Å². The van der Waals surface area contributed by atoms with Gasteiger partial charge in [0.2, 0.25) is 11.5 Å². The van der Waals surface area contributed by atoms with E-state index in [4.69, 9.17) is 18.9 Å². The van der Waals surface area contributed by atoms with Gasteiger partial charge in [0, 0.05) is 6.42 Å². The Balaban J connectivity index is 1.54. The lowest BCUT2D eigenvalue weighted by molar-refractivity contribution is -0.154. The molecule has 1 fully saturated rings. The molecule has 1 heterocycles. The maximum Gasteiger partial charge on any atom is 0.332 e. The van der Waals surface area contributed by atoms with Gasteiger partial charge in [0.25, 0.3) is 0 Å². The van der Waals surface area contributed by atoms with Crippen LogP contribution < -0.4 is 4.74 Å². The van der Waals surface area contributed by atoms with Crippen molar-refractivity contribution >= 4 is 11.8 Å². The topological polar surface area (TPSA) is 71.1 Å². The maximum atomic E-state index is 12.9. The van der Waals surface area contributed by atoms with Gasteiger partial charge in [0.1, 0.15) is 24.7 Å². The molecule has 30 heavy (non-hydrogen) atoms. The van der Waals surface area contributed by atoms with Crippen LogP contribution in [0, 0.1) is 5.92 Å². The Morgan fingerprint density at radius 3 is 2.57 bits per heavy atom. The van der Waals surface area contributed by atoms with Crippen molar-refractivity contribution in [2.45, 2.75) is 71.0 Å². The second-order valence-electron chi connectivity index (χ2n) is 8.97. The summed E-state index contributed by atoms with van der Waals surface area (Å²) in [5, 5.41) is 0. The van der Waals surface area contributed by atoms with Crippen LogP contribution in [-0.4, -0.2) is 37.2 Å². The summed E-state index contributed by atoms with van der Waals surface area (Å²) in [6.45, 7) is 8.74. The molecule has 0 spiro atoms. The minimum Gasteiger partial charge on any atom is -0.493 e. The Bertz CT molecular complexity index is 774. The predicted octanol–water partition coefficient (Wildman–Crippen LogP) is 4.31. The summed E-state index contributed by atoms with van der Waals surface area (Å²) < 4.78 is 22.3. The van der Waals surface area contributed by atoms with Crippen LogP contribution in [-0.2, 0) is 29.2 Å². The molecule has 1 aliphatic carbocycles. The van der Waals surface area contributed by atoms with Gasteiger partial charge >= 0.3 is 5.97 Å². The fourth-order valence-corrected chi connectivity index (χ4v) is 3.75. The number of fused-ring (bicyclic) bond motifs is 1. The number of ether oxygens (including phenoxy) is 4. The molecular formula is C24H32O6. The van der Waals surface area contributed by atoms with Crippen molar-refractivity contribution in [2.24, 2.45) is 5.92 Å². The van der Waals surface area contributed by atoms with E-state index in [0.29, 0.717) is 31.6 Å². The van der Waals surface area contributed by atoms with Crippen LogP contribution in [0.4, 0.5) is 0 Å². The minimum atomic E-state index is -0.354. The van der Waals surface area contributed by atoms with Gasteiger partial charge in [-0.15, -0.1) is 0 Å². The van der Waals surface area contributed by atoms with Crippen LogP contribution in [0.2, 0.25) is 0 Å². The summed E-state index contributed by atoms with van der Waals surface area (Å²) in [6, 6.07) is 7.79. The third kappa shape index (κ3) is 5.63. The van der Waals surface area contributed by atoms with Crippen molar-refractivity contribution in [2.75, 3.05) is 13.2 Å². The summed E-state index contributed by atoms with van der Waals surface area (Å²) >= 11 is 0. The highest BCUT2D eigenvalue weighted by atomic mass is 16.6. The van der Waals surface area contributed by atoms with E-state index in [-0.39, 0.29) is 47.7 Å². The summed E-state index contributed by atoms with van der Waals surface area (Å²) in [6.07, 6.45) is 3.74. The third-order valence-corrected chi connectivity index (χ3v) is 5.53. The number of hydrogen-bond donors (Lipinski definition) is 0. The number of carbonyl (C=O) groups is 2. The number of ketones is 1. The second-order valence-corrected chi connectivity index (χ2v) is 8.97. The summed E-state index contributed by atoms with van der Waals surface area (Å²) in [5.41, 5.74) is 1.26. The molecule has 0 amide bonds. The first-order valence-electron chi connectivity index (χ1n) is 10.7. The smallest absolute Gasteiger partial charge is 0.332 e. The van der Waals surface area contributed by atoms with Gasteiger partial charge in [-0.25, -0.2) is 4.79 Å². The van der Waals surface area contributed by atoms with Gasteiger partial charge in [0.05, 0.1) is 18.6 Å². The number of carbonyl (C=O) groups excluding carboxylic acids is 2. The van der Waals surface area contributed by atoms with Crippen molar-refractivity contribution in [1.29, 1.82) is 0 Å². The highest BCUT2D eigenvalue weighted by Crippen LogP contribution is 2.35. The first-order chi connectivity index (χ1) is 14.3. The Morgan fingerprint density at radius 2 is 1.90 bits per heavy atom. The van der Waals surface area contributed by atoms with Gasteiger partial charge in [-0.1, -0.05) is 39.8 Å². The number of rotatable bonds is 7. The van der Waals surface area contributed by atoms with E-state index >= 15 is 0 Å². The molecule has 3 unspecified atom stereocenters. The maximum absolute atomic E-state index is 12.9. The van der Waals surface area contributed by atoms with Crippen LogP contribution >= 0.6 is 0 Å². The zero-order chi connectivity index (χ0) is 21.7. The van der Waals surface area contributed by atoms with Gasteiger partial charge in [-0.05, 0) is 42.4 Å². The average molecular weight is 417 g/mol. The Kier molecular flexibility index (Phi) is 7.19. The molecule has 1 aromatic rings. The second kappa shape index (κ2) is 9.65. The number of hydrogen-bond acceptors (Lipinski definition) is 6. The van der Waals surface area contributed by atoms with E-state index in [0.717, 1.165) is 6.42 Å². The molecule has 0 radical (unpaired) electrons. The number of Topliss-reactive ketones (excluding diaryl/α,β-unsaturated/α-hetero) is 1. The van der Waals surface area contributed by atoms with E-state index in [9.17, 15) is 9.59 Å². The fraction of sp³-hybridized carbons (Fsp3) is 0.583. The number of benzene rings is 1. The van der Waals surface area contributed by atoms with Crippen LogP contribution in [0.25, 0.3) is 0 Å². The third-order valence-electron chi connectivity index (χ3n) is 5.53. The molecule has 3 atom stereocenters. The van der Waals surface area contributed by atoms with Gasteiger partial charge in [-0.3, -0.25) is 4.79 Å². The molecule has 1 aliphatic heterocycles. The lowest BCUT2D eigenvalue weighted by atomic mass is 9.80. The van der Waals surface area contributed by atoms with Crippen LogP contribution in [0.1, 0.15) is 58.9 Å². The lowest BCUT2D eigenvalue weighted by Crippen LogP contribution is -2.42. The quantitative estimate of drug-likeness (QED) is 0.617. The Hall–Kier alpha value is -2.34. The van der Waals surface area contributed by atoms with E-state index < -0.39 is 0 Å². The van der Waals surface area contributed by atoms with Crippen molar-refractivity contribution < 1.29 is 28.5 Å². The molecular weight excluding hydrogens is 384 g/mol. The molecule has 6 heteroatoms. The highest BCUT2D eigenvalue weighted by Gasteiger charge is 2.41. The Labute approximate surface area is 178 Å².